The minimum absolute atomic E-state index is 0.600. The Balaban J connectivity index is 1.75. The number of hydrogen-bond acceptors (Lipinski definition) is 4. The van der Waals surface area contributed by atoms with E-state index in [4.69, 9.17) is 14.5 Å². The van der Waals surface area contributed by atoms with Crippen LogP contribution in [0.1, 0.15) is 38.3 Å². The number of ether oxygens (including phenoxy) is 2. The highest BCUT2D eigenvalue weighted by Crippen LogP contribution is 2.39. The van der Waals surface area contributed by atoms with E-state index in [0.717, 1.165) is 60.7 Å². The van der Waals surface area contributed by atoms with Gasteiger partial charge in [-0.15, -0.1) is 0 Å². The van der Waals surface area contributed by atoms with E-state index < -0.39 is 0 Å². The maximum Gasteiger partial charge on any atom is 0.161 e. The summed E-state index contributed by atoms with van der Waals surface area (Å²) in [7, 11) is 0. The van der Waals surface area contributed by atoms with Crippen LogP contribution in [0, 0.1) is 0 Å². The summed E-state index contributed by atoms with van der Waals surface area (Å²) in [4.78, 5) is 7.82. The summed E-state index contributed by atoms with van der Waals surface area (Å²) in [6, 6.07) is 19.3. The molecule has 0 atom stereocenters. The molecule has 0 bridgehead atoms. The number of hydrogen-bond donors (Lipinski definition) is 0. The molecule has 4 aromatic rings. The van der Waals surface area contributed by atoms with Crippen LogP contribution in [-0.2, 0) is 13.0 Å². The first-order valence-electron chi connectivity index (χ1n) is 12.2. The van der Waals surface area contributed by atoms with Crippen LogP contribution >= 0.6 is 0 Å². The molecule has 0 fully saturated rings. The zero-order chi connectivity index (χ0) is 22.8. The zero-order valence-electron chi connectivity index (χ0n) is 19.9. The Bertz CT molecular complexity index is 1300. The van der Waals surface area contributed by atoms with Crippen molar-refractivity contribution < 1.29 is 9.47 Å². The first kappa shape index (κ1) is 21.7. The Kier molecular flexibility index (Phi) is 6.19. The van der Waals surface area contributed by atoms with E-state index in [0.29, 0.717) is 13.2 Å². The SMILES string of the molecule is CCCN1CCc2c(c(-c3ccc(OCC)c(OCC)c3)nc3ccc4ccccc4c23)C1. The molecule has 2 heterocycles. The highest BCUT2D eigenvalue weighted by Gasteiger charge is 2.24. The summed E-state index contributed by atoms with van der Waals surface area (Å²) in [5, 5.41) is 3.90. The third-order valence-corrected chi connectivity index (χ3v) is 6.51. The Morgan fingerprint density at radius 3 is 2.52 bits per heavy atom. The van der Waals surface area contributed by atoms with E-state index in [2.05, 4.69) is 60.4 Å². The van der Waals surface area contributed by atoms with Gasteiger partial charge in [0.05, 0.1) is 24.4 Å². The first-order chi connectivity index (χ1) is 16.2. The van der Waals surface area contributed by atoms with E-state index in [1.807, 2.05) is 19.9 Å². The number of pyridine rings is 1. The van der Waals surface area contributed by atoms with Crippen molar-refractivity contribution in [2.45, 2.75) is 40.2 Å². The second-order valence-electron chi connectivity index (χ2n) is 8.65. The van der Waals surface area contributed by atoms with Gasteiger partial charge in [-0.3, -0.25) is 4.90 Å². The van der Waals surface area contributed by atoms with E-state index in [9.17, 15) is 0 Å². The average molecular weight is 441 g/mol. The van der Waals surface area contributed by atoms with Crippen LogP contribution in [0.3, 0.4) is 0 Å². The first-order valence-corrected chi connectivity index (χ1v) is 12.2. The minimum atomic E-state index is 0.600. The molecular formula is C29H32N2O2. The molecule has 0 saturated heterocycles. The Labute approximate surface area is 196 Å². The lowest BCUT2D eigenvalue weighted by molar-refractivity contribution is 0.255. The van der Waals surface area contributed by atoms with Crippen molar-refractivity contribution in [2.24, 2.45) is 0 Å². The van der Waals surface area contributed by atoms with Crippen molar-refractivity contribution in [2.75, 3.05) is 26.3 Å². The average Bonchev–Trinajstić information content (AvgIpc) is 2.85. The molecule has 5 rings (SSSR count). The molecule has 1 aromatic heterocycles. The summed E-state index contributed by atoms with van der Waals surface area (Å²) >= 11 is 0. The standard InChI is InChI=1S/C29H32N2O2/c1-4-16-31-17-15-23-24(19-31)29(21-12-14-26(32-5-2)27(18-21)33-6-3)30-25-13-11-20-9-7-8-10-22(20)28(23)25/h7-14,18H,4-6,15-17,19H2,1-3H3. The monoisotopic (exact) mass is 440 g/mol. The van der Waals surface area contributed by atoms with Crippen LogP contribution in [0.4, 0.5) is 0 Å². The number of aromatic nitrogens is 1. The van der Waals surface area contributed by atoms with Crippen LogP contribution in [0.5, 0.6) is 11.5 Å². The van der Waals surface area contributed by atoms with E-state index in [-0.39, 0.29) is 0 Å². The number of rotatable bonds is 7. The third kappa shape index (κ3) is 4.04. The highest BCUT2D eigenvalue weighted by atomic mass is 16.5. The molecule has 0 radical (unpaired) electrons. The largest absolute Gasteiger partial charge is 0.490 e. The molecule has 33 heavy (non-hydrogen) atoms. The van der Waals surface area contributed by atoms with Gasteiger partial charge in [0.15, 0.2) is 11.5 Å². The topological polar surface area (TPSA) is 34.6 Å². The number of benzene rings is 3. The van der Waals surface area contributed by atoms with Gasteiger partial charge in [0.2, 0.25) is 0 Å². The minimum Gasteiger partial charge on any atom is -0.490 e. The predicted octanol–water partition coefficient (Wildman–Crippen LogP) is 6.62. The molecule has 0 unspecified atom stereocenters. The van der Waals surface area contributed by atoms with Gasteiger partial charge in [-0.1, -0.05) is 37.3 Å². The van der Waals surface area contributed by atoms with Crippen molar-refractivity contribution in [3.8, 4) is 22.8 Å². The summed E-state index contributed by atoms with van der Waals surface area (Å²) in [6.45, 7) is 10.6. The molecule has 0 saturated carbocycles. The number of nitrogens with zero attached hydrogens (tertiary/aromatic N) is 2. The van der Waals surface area contributed by atoms with Crippen molar-refractivity contribution in [1.29, 1.82) is 0 Å². The quantitative estimate of drug-likeness (QED) is 0.303. The maximum atomic E-state index is 5.94. The molecule has 170 valence electrons. The van der Waals surface area contributed by atoms with Crippen LogP contribution < -0.4 is 9.47 Å². The second kappa shape index (κ2) is 9.40. The summed E-state index contributed by atoms with van der Waals surface area (Å²) < 4.78 is 11.7. The lowest BCUT2D eigenvalue weighted by atomic mass is 9.89. The molecule has 0 amide bonds. The van der Waals surface area contributed by atoms with Gasteiger partial charge in [0.25, 0.3) is 0 Å². The van der Waals surface area contributed by atoms with Crippen molar-refractivity contribution >= 4 is 21.7 Å². The van der Waals surface area contributed by atoms with Gasteiger partial charge in [0, 0.05) is 24.0 Å². The van der Waals surface area contributed by atoms with E-state index in [1.54, 1.807) is 0 Å². The zero-order valence-corrected chi connectivity index (χ0v) is 19.9. The molecule has 4 nitrogen and oxygen atoms in total. The fourth-order valence-corrected chi connectivity index (χ4v) is 5.12. The smallest absolute Gasteiger partial charge is 0.161 e. The van der Waals surface area contributed by atoms with Crippen LogP contribution in [-0.4, -0.2) is 36.2 Å². The molecule has 0 aliphatic carbocycles. The molecule has 3 aromatic carbocycles. The van der Waals surface area contributed by atoms with Gasteiger partial charge in [-0.2, -0.15) is 0 Å². The molecular weight excluding hydrogens is 408 g/mol. The van der Waals surface area contributed by atoms with Gasteiger partial charge in [0.1, 0.15) is 0 Å². The Morgan fingerprint density at radius 1 is 0.879 bits per heavy atom. The van der Waals surface area contributed by atoms with Crippen LogP contribution in [0.25, 0.3) is 32.9 Å². The molecule has 1 aliphatic heterocycles. The summed E-state index contributed by atoms with van der Waals surface area (Å²) in [6.07, 6.45) is 2.21. The molecule has 1 aliphatic rings. The van der Waals surface area contributed by atoms with Crippen LogP contribution in [0.2, 0.25) is 0 Å². The fourth-order valence-electron chi connectivity index (χ4n) is 5.12. The lowest BCUT2D eigenvalue weighted by Gasteiger charge is -2.31. The van der Waals surface area contributed by atoms with Crippen LogP contribution in [0.15, 0.2) is 54.6 Å². The van der Waals surface area contributed by atoms with Crippen molar-refractivity contribution in [1.82, 2.24) is 9.88 Å². The van der Waals surface area contributed by atoms with E-state index >= 15 is 0 Å². The van der Waals surface area contributed by atoms with Gasteiger partial charge in [-0.25, -0.2) is 4.98 Å². The van der Waals surface area contributed by atoms with Crippen molar-refractivity contribution in [3.63, 3.8) is 0 Å². The molecule has 4 heteroatoms. The Hall–Kier alpha value is -3.11. The van der Waals surface area contributed by atoms with Gasteiger partial charge in [-0.05, 0) is 79.4 Å². The summed E-state index contributed by atoms with van der Waals surface area (Å²) in [5.41, 5.74) is 6.03. The highest BCUT2D eigenvalue weighted by molar-refractivity contribution is 6.09. The fraction of sp³-hybridized carbons (Fsp3) is 0.345. The van der Waals surface area contributed by atoms with E-state index in [1.165, 1.54) is 27.3 Å². The lowest BCUT2D eigenvalue weighted by Crippen LogP contribution is -2.32. The Morgan fingerprint density at radius 2 is 1.70 bits per heavy atom. The molecule has 0 spiro atoms. The molecule has 0 N–H and O–H groups in total. The second-order valence-corrected chi connectivity index (χ2v) is 8.65. The summed E-state index contributed by atoms with van der Waals surface area (Å²) in [5.74, 6) is 1.57. The van der Waals surface area contributed by atoms with Gasteiger partial charge < -0.3 is 9.47 Å². The predicted molar refractivity (Wildman–Crippen MR) is 136 cm³/mol. The third-order valence-electron chi connectivity index (χ3n) is 6.51. The van der Waals surface area contributed by atoms with Crippen molar-refractivity contribution in [3.05, 3.63) is 65.7 Å². The van der Waals surface area contributed by atoms with Gasteiger partial charge >= 0.3 is 0 Å². The number of fused-ring (bicyclic) bond motifs is 5. The maximum absolute atomic E-state index is 5.94. The normalized spacial score (nSPS) is 13.9.